The number of carbonyl (C=O) groups is 5. The zero-order valence-electron chi connectivity index (χ0n) is 31.9. The lowest BCUT2D eigenvalue weighted by Gasteiger charge is -2.28. The molecule has 1 saturated heterocycles. The Morgan fingerprint density at radius 2 is 1.37 bits per heavy atom. The Bertz CT molecular complexity index is 2150. The standard InChI is InChI=1S/C43H52N8O5S/c44-17-6-5-11-35(39(45)52)48-41(54)37(23-28-16-20-57-26-28)50-43(56)38(24-32-25-47-34-10-4-3-9-33(32)34)51-42(55)36(49-40(53)30-14-18-46-19-15-30)22-27-12-13-29-7-1-2-8-31(29)21-27/h1-4,7-10,12-13,16,20-21,25-26,30,35-38,46-47H,5-6,11,14-15,17-19,22-24,44H2,(H2,45,52)(H,48,54)(H,49,53)(H,50,56)(H,51,55)/t35-,36+,37-,38+/m0/s1. The molecule has 3 heterocycles. The van der Waals surface area contributed by atoms with Crippen molar-refractivity contribution in [2.24, 2.45) is 17.4 Å². The zero-order chi connectivity index (χ0) is 40.1. The van der Waals surface area contributed by atoms with Gasteiger partial charge >= 0.3 is 0 Å². The first-order chi connectivity index (χ1) is 27.7. The molecule has 0 spiro atoms. The Hall–Kier alpha value is -5.57. The smallest absolute Gasteiger partial charge is 0.243 e. The third-order valence-corrected chi connectivity index (χ3v) is 11.3. The number of unbranched alkanes of at least 4 members (excludes halogenated alkanes) is 1. The number of H-pyrrole nitrogens is 1. The van der Waals surface area contributed by atoms with Crippen molar-refractivity contribution < 1.29 is 24.0 Å². The number of nitrogens with one attached hydrogen (secondary N) is 6. The van der Waals surface area contributed by atoms with Gasteiger partial charge in [0, 0.05) is 42.3 Å². The minimum Gasteiger partial charge on any atom is -0.368 e. The lowest BCUT2D eigenvalue weighted by Crippen LogP contribution is -2.59. The van der Waals surface area contributed by atoms with E-state index in [1.807, 2.05) is 83.6 Å². The molecule has 0 aliphatic carbocycles. The second-order valence-electron chi connectivity index (χ2n) is 14.7. The number of piperidine rings is 1. The fourth-order valence-electron chi connectivity index (χ4n) is 7.36. The molecule has 0 bridgehead atoms. The molecule has 0 radical (unpaired) electrons. The van der Waals surface area contributed by atoms with Gasteiger partial charge in [-0.3, -0.25) is 24.0 Å². The summed E-state index contributed by atoms with van der Waals surface area (Å²) in [6.45, 7) is 1.85. The van der Waals surface area contributed by atoms with Crippen LogP contribution in [0.3, 0.4) is 0 Å². The number of carbonyl (C=O) groups excluding carboxylic acids is 5. The third-order valence-electron chi connectivity index (χ3n) is 10.6. The Labute approximate surface area is 336 Å². The van der Waals surface area contributed by atoms with Crippen molar-refractivity contribution in [3.63, 3.8) is 0 Å². The second-order valence-corrected chi connectivity index (χ2v) is 15.5. The van der Waals surface area contributed by atoms with Crippen LogP contribution in [-0.4, -0.2) is 78.3 Å². The highest BCUT2D eigenvalue weighted by atomic mass is 32.1. The average Bonchev–Trinajstić information content (AvgIpc) is 3.90. The minimum absolute atomic E-state index is 0.0856. The summed E-state index contributed by atoms with van der Waals surface area (Å²) in [7, 11) is 0. The molecular weight excluding hydrogens is 741 g/mol. The molecule has 3 aromatic carbocycles. The van der Waals surface area contributed by atoms with E-state index in [0.29, 0.717) is 51.7 Å². The molecule has 300 valence electrons. The molecular formula is C43H52N8O5S. The predicted octanol–water partition coefficient (Wildman–Crippen LogP) is 2.96. The first kappa shape index (κ1) is 41.1. The Balaban J connectivity index is 1.28. The first-order valence-electron chi connectivity index (χ1n) is 19.6. The highest BCUT2D eigenvalue weighted by Crippen LogP contribution is 2.21. The van der Waals surface area contributed by atoms with Gasteiger partial charge in [0.1, 0.15) is 24.2 Å². The zero-order valence-corrected chi connectivity index (χ0v) is 32.7. The molecule has 57 heavy (non-hydrogen) atoms. The van der Waals surface area contributed by atoms with Gasteiger partial charge in [0.2, 0.25) is 29.5 Å². The van der Waals surface area contributed by atoms with E-state index in [-0.39, 0.29) is 31.1 Å². The van der Waals surface area contributed by atoms with Crippen molar-refractivity contribution in [1.29, 1.82) is 0 Å². The maximum absolute atomic E-state index is 14.5. The summed E-state index contributed by atoms with van der Waals surface area (Å²) >= 11 is 1.45. The van der Waals surface area contributed by atoms with Gasteiger partial charge in [-0.05, 0) is 102 Å². The molecule has 2 aromatic heterocycles. The van der Waals surface area contributed by atoms with E-state index < -0.39 is 47.8 Å². The van der Waals surface area contributed by atoms with Crippen LogP contribution < -0.4 is 38.1 Å². The molecule has 5 aromatic rings. The van der Waals surface area contributed by atoms with Crippen molar-refractivity contribution in [2.45, 2.75) is 75.5 Å². The summed E-state index contributed by atoms with van der Waals surface area (Å²) < 4.78 is 0. The maximum Gasteiger partial charge on any atom is 0.243 e. The van der Waals surface area contributed by atoms with Crippen molar-refractivity contribution in [3.8, 4) is 0 Å². The van der Waals surface area contributed by atoms with Crippen molar-refractivity contribution >= 4 is 62.5 Å². The largest absolute Gasteiger partial charge is 0.368 e. The van der Waals surface area contributed by atoms with E-state index in [0.717, 1.165) is 38.4 Å². The highest BCUT2D eigenvalue weighted by molar-refractivity contribution is 7.07. The van der Waals surface area contributed by atoms with E-state index in [4.69, 9.17) is 11.5 Å². The molecule has 1 aliphatic rings. The molecule has 6 rings (SSSR count). The molecule has 4 atom stereocenters. The molecule has 14 heteroatoms. The number of aromatic amines is 1. The Kier molecular flexibility index (Phi) is 14.4. The number of thiophene rings is 1. The maximum atomic E-state index is 14.5. The van der Waals surface area contributed by atoms with Gasteiger partial charge in [-0.1, -0.05) is 60.7 Å². The summed E-state index contributed by atoms with van der Waals surface area (Å²) in [6.07, 6.45) is 5.06. The van der Waals surface area contributed by atoms with Crippen LogP contribution in [0.1, 0.15) is 48.8 Å². The first-order valence-corrected chi connectivity index (χ1v) is 20.6. The van der Waals surface area contributed by atoms with Crippen LogP contribution in [0, 0.1) is 5.92 Å². The summed E-state index contributed by atoms with van der Waals surface area (Å²) in [5.41, 5.74) is 14.6. The van der Waals surface area contributed by atoms with Crippen LogP contribution in [0.5, 0.6) is 0 Å². The van der Waals surface area contributed by atoms with Gasteiger partial charge in [-0.2, -0.15) is 11.3 Å². The third kappa shape index (κ3) is 11.3. The minimum atomic E-state index is -1.15. The van der Waals surface area contributed by atoms with E-state index >= 15 is 0 Å². The molecule has 0 saturated carbocycles. The monoisotopic (exact) mass is 792 g/mol. The van der Waals surface area contributed by atoms with Crippen LogP contribution >= 0.6 is 11.3 Å². The van der Waals surface area contributed by atoms with E-state index in [2.05, 4.69) is 31.6 Å². The Morgan fingerprint density at radius 3 is 2.07 bits per heavy atom. The van der Waals surface area contributed by atoms with Crippen molar-refractivity contribution in [3.05, 3.63) is 106 Å². The van der Waals surface area contributed by atoms with Crippen molar-refractivity contribution in [1.82, 2.24) is 31.6 Å². The number of para-hydroxylation sites is 1. The summed E-state index contributed by atoms with van der Waals surface area (Å²) in [5, 5.41) is 21.6. The predicted molar refractivity (Wildman–Crippen MR) is 223 cm³/mol. The number of aromatic nitrogens is 1. The number of hydrogen-bond donors (Lipinski definition) is 8. The van der Waals surface area contributed by atoms with Gasteiger partial charge in [-0.25, -0.2) is 0 Å². The number of fused-ring (bicyclic) bond motifs is 2. The van der Waals surface area contributed by atoms with Crippen LogP contribution in [0.15, 0.2) is 89.8 Å². The molecule has 5 amide bonds. The molecule has 10 N–H and O–H groups in total. The normalized spacial score (nSPS) is 15.3. The van der Waals surface area contributed by atoms with E-state index in [1.54, 1.807) is 6.20 Å². The fourth-order valence-corrected chi connectivity index (χ4v) is 8.04. The number of benzene rings is 3. The molecule has 1 aliphatic heterocycles. The van der Waals surface area contributed by atoms with E-state index in [1.165, 1.54) is 11.3 Å². The number of nitrogens with two attached hydrogens (primary N) is 2. The van der Waals surface area contributed by atoms with Crippen LogP contribution in [-0.2, 0) is 43.2 Å². The fraction of sp³-hybridized carbons (Fsp3) is 0.372. The van der Waals surface area contributed by atoms with Gasteiger partial charge in [-0.15, -0.1) is 0 Å². The average molecular weight is 793 g/mol. The topological polar surface area (TPSA) is 213 Å². The van der Waals surface area contributed by atoms with Crippen molar-refractivity contribution in [2.75, 3.05) is 19.6 Å². The van der Waals surface area contributed by atoms with Gasteiger partial charge in [0.05, 0.1) is 0 Å². The number of amides is 5. The Morgan fingerprint density at radius 1 is 0.719 bits per heavy atom. The molecule has 1 fully saturated rings. The quantitative estimate of drug-likeness (QED) is 0.0585. The lowest BCUT2D eigenvalue weighted by molar-refractivity contribution is -0.135. The summed E-state index contributed by atoms with van der Waals surface area (Å²) in [5.74, 6) is -2.85. The van der Waals surface area contributed by atoms with Gasteiger partial charge < -0.3 is 43.0 Å². The second kappa shape index (κ2) is 20.0. The van der Waals surface area contributed by atoms with Crippen LogP contribution in [0.4, 0.5) is 0 Å². The highest BCUT2D eigenvalue weighted by Gasteiger charge is 2.33. The van der Waals surface area contributed by atoms with Gasteiger partial charge in [0.15, 0.2) is 0 Å². The van der Waals surface area contributed by atoms with Crippen LogP contribution in [0.2, 0.25) is 0 Å². The summed E-state index contributed by atoms with van der Waals surface area (Å²) in [4.78, 5) is 72.1. The number of primary amides is 1. The summed E-state index contributed by atoms with van der Waals surface area (Å²) in [6, 6.07) is 19.2. The van der Waals surface area contributed by atoms with Gasteiger partial charge in [0.25, 0.3) is 0 Å². The number of hydrogen-bond acceptors (Lipinski definition) is 8. The molecule has 0 unspecified atom stereocenters. The van der Waals surface area contributed by atoms with E-state index in [9.17, 15) is 24.0 Å². The van der Waals surface area contributed by atoms with Crippen LogP contribution in [0.25, 0.3) is 21.7 Å². The SMILES string of the molecule is NCCCC[C@H](NC(=O)[C@H](Cc1ccsc1)NC(=O)[C@@H](Cc1c[nH]c2ccccc12)NC(=O)[C@@H](Cc1ccc2ccccc2c1)NC(=O)C1CCNCC1)C(N)=O. The lowest BCUT2D eigenvalue weighted by atomic mass is 9.95. The number of rotatable bonds is 19. The molecule has 13 nitrogen and oxygen atoms in total.